The molecule has 30 heavy (non-hydrogen) atoms. The van der Waals surface area contributed by atoms with Crippen molar-refractivity contribution in [1.82, 2.24) is 4.98 Å². The molecule has 0 N–H and O–H groups in total. The number of halogens is 8. The molecule has 1 aromatic carbocycles. The standard InChI is InChI=1S/C17H10F8N2O2S/c1-2-30(28,29)12-6-8(16(20,21)22)3-4-10(12)13-15(18,19)14-11(27-13)5-9(7-26-14)17(23,24)25/h3-7H,2H2,1H3. The summed E-state index contributed by atoms with van der Waals surface area (Å²) in [6.07, 6.45) is -9.69. The summed E-state index contributed by atoms with van der Waals surface area (Å²) in [6.45, 7) is 1.10. The molecule has 3 rings (SSSR count). The number of aliphatic imine (C=N–C) groups is 1. The summed E-state index contributed by atoms with van der Waals surface area (Å²) in [4.78, 5) is 5.46. The third kappa shape index (κ3) is 3.66. The maximum Gasteiger partial charge on any atom is 0.417 e. The normalized spacial score (nSPS) is 16.4. The monoisotopic (exact) mass is 458 g/mol. The quantitative estimate of drug-likeness (QED) is 0.599. The van der Waals surface area contributed by atoms with Gasteiger partial charge in [-0.1, -0.05) is 13.0 Å². The average molecular weight is 458 g/mol. The van der Waals surface area contributed by atoms with Gasteiger partial charge in [-0.2, -0.15) is 35.1 Å². The Balaban J connectivity index is 2.26. The van der Waals surface area contributed by atoms with Crippen molar-refractivity contribution in [2.75, 3.05) is 5.75 Å². The maximum atomic E-state index is 14.8. The highest BCUT2D eigenvalue weighted by molar-refractivity contribution is 7.91. The first kappa shape index (κ1) is 22.1. The number of benzene rings is 1. The smallest absolute Gasteiger partial charge is 0.252 e. The highest BCUT2D eigenvalue weighted by Crippen LogP contribution is 2.46. The third-order valence-electron chi connectivity index (χ3n) is 4.30. The summed E-state index contributed by atoms with van der Waals surface area (Å²) >= 11 is 0. The lowest BCUT2D eigenvalue weighted by Gasteiger charge is -2.17. The Morgan fingerprint density at radius 2 is 1.57 bits per heavy atom. The Hall–Kier alpha value is -2.57. The molecule has 0 amide bonds. The Kier molecular flexibility index (Phi) is 4.96. The van der Waals surface area contributed by atoms with Gasteiger partial charge in [-0.05, 0) is 18.2 Å². The fourth-order valence-corrected chi connectivity index (χ4v) is 3.89. The van der Waals surface area contributed by atoms with Gasteiger partial charge in [0, 0.05) is 11.8 Å². The minimum atomic E-state index is -4.96. The molecule has 0 atom stereocenters. The fourth-order valence-electron chi connectivity index (χ4n) is 2.77. The van der Waals surface area contributed by atoms with E-state index in [1.165, 1.54) is 0 Å². The first-order chi connectivity index (χ1) is 13.6. The van der Waals surface area contributed by atoms with Gasteiger partial charge < -0.3 is 0 Å². The van der Waals surface area contributed by atoms with Crippen molar-refractivity contribution in [2.24, 2.45) is 4.99 Å². The summed E-state index contributed by atoms with van der Waals surface area (Å²) in [6, 6.07) is 1.40. The van der Waals surface area contributed by atoms with Gasteiger partial charge in [0.2, 0.25) is 0 Å². The Morgan fingerprint density at radius 3 is 2.10 bits per heavy atom. The number of pyridine rings is 1. The minimum Gasteiger partial charge on any atom is -0.252 e. The van der Waals surface area contributed by atoms with Gasteiger partial charge in [0.1, 0.15) is 11.4 Å². The van der Waals surface area contributed by atoms with Gasteiger partial charge in [0.25, 0.3) is 0 Å². The molecule has 1 aromatic heterocycles. The summed E-state index contributed by atoms with van der Waals surface area (Å²) < 4.78 is 132. The lowest BCUT2D eigenvalue weighted by molar-refractivity contribution is -0.138. The molecule has 0 aliphatic carbocycles. The molecule has 0 saturated carbocycles. The van der Waals surface area contributed by atoms with Crippen molar-refractivity contribution in [2.45, 2.75) is 30.1 Å². The lowest BCUT2D eigenvalue weighted by atomic mass is 10.0. The third-order valence-corrected chi connectivity index (χ3v) is 6.07. The van der Waals surface area contributed by atoms with Crippen molar-refractivity contribution in [3.8, 4) is 0 Å². The number of alkyl halides is 8. The van der Waals surface area contributed by atoms with Gasteiger partial charge in [0.15, 0.2) is 9.84 Å². The number of aromatic nitrogens is 1. The topological polar surface area (TPSA) is 59.4 Å². The van der Waals surface area contributed by atoms with Crippen LogP contribution < -0.4 is 0 Å². The molecule has 2 aromatic rings. The summed E-state index contributed by atoms with van der Waals surface area (Å²) in [5.74, 6) is -4.83. The van der Waals surface area contributed by atoms with Crippen LogP contribution in [0.1, 0.15) is 29.3 Å². The molecule has 0 fully saturated rings. The second-order valence-corrected chi connectivity index (χ2v) is 8.48. The number of fused-ring (bicyclic) bond motifs is 1. The van der Waals surface area contributed by atoms with Crippen LogP contribution in [-0.2, 0) is 28.1 Å². The van der Waals surface area contributed by atoms with E-state index in [2.05, 4.69) is 9.98 Å². The Bertz CT molecular complexity index is 1150. The number of nitrogens with zero attached hydrogens (tertiary/aromatic N) is 2. The number of hydrogen-bond acceptors (Lipinski definition) is 4. The van der Waals surface area contributed by atoms with E-state index in [1.54, 1.807) is 0 Å². The zero-order valence-corrected chi connectivity index (χ0v) is 15.6. The van der Waals surface area contributed by atoms with Crippen molar-refractivity contribution in [3.05, 3.63) is 52.8 Å². The predicted octanol–water partition coefficient (Wildman–Crippen LogP) is 5.14. The van der Waals surface area contributed by atoms with E-state index in [0.717, 1.165) is 6.92 Å². The van der Waals surface area contributed by atoms with Crippen LogP contribution in [0.2, 0.25) is 0 Å². The zero-order chi connectivity index (χ0) is 22.7. The maximum absolute atomic E-state index is 14.8. The van der Waals surface area contributed by atoms with E-state index in [9.17, 15) is 43.5 Å². The molecular weight excluding hydrogens is 448 g/mol. The first-order valence-electron chi connectivity index (χ1n) is 8.08. The Labute approximate surface area is 164 Å². The molecule has 4 nitrogen and oxygen atoms in total. The van der Waals surface area contributed by atoms with Gasteiger partial charge in [-0.15, -0.1) is 0 Å². The number of hydrogen-bond donors (Lipinski definition) is 0. The van der Waals surface area contributed by atoms with E-state index in [4.69, 9.17) is 0 Å². The van der Waals surface area contributed by atoms with E-state index in [1.807, 2.05) is 0 Å². The van der Waals surface area contributed by atoms with Crippen LogP contribution in [0.3, 0.4) is 0 Å². The van der Waals surface area contributed by atoms with Crippen LogP contribution in [0.15, 0.2) is 40.4 Å². The van der Waals surface area contributed by atoms with Gasteiger partial charge in [-0.3, -0.25) is 4.98 Å². The molecule has 0 unspecified atom stereocenters. The van der Waals surface area contributed by atoms with E-state index < -0.39 is 72.5 Å². The van der Waals surface area contributed by atoms with Crippen LogP contribution in [0.5, 0.6) is 0 Å². The van der Waals surface area contributed by atoms with Crippen molar-refractivity contribution in [3.63, 3.8) is 0 Å². The largest absolute Gasteiger partial charge is 0.417 e. The molecule has 2 heterocycles. The highest BCUT2D eigenvalue weighted by atomic mass is 32.2. The highest BCUT2D eigenvalue weighted by Gasteiger charge is 2.49. The molecular formula is C17H10F8N2O2S. The van der Waals surface area contributed by atoms with E-state index in [0.29, 0.717) is 18.2 Å². The summed E-state index contributed by atoms with van der Waals surface area (Å²) in [5, 5.41) is 0. The first-order valence-corrected chi connectivity index (χ1v) is 9.73. The van der Waals surface area contributed by atoms with Crippen LogP contribution in [0.25, 0.3) is 0 Å². The molecule has 0 radical (unpaired) electrons. The predicted molar refractivity (Wildman–Crippen MR) is 88.5 cm³/mol. The van der Waals surface area contributed by atoms with Gasteiger partial charge >= 0.3 is 18.3 Å². The molecule has 0 saturated heterocycles. The average Bonchev–Trinajstić information content (AvgIpc) is 2.90. The van der Waals surface area contributed by atoms with Crippen molar-refractivity contribution >= 4 is 21.2 Å². The summed E-state index contributed by atoms with van der Waals surface area (Å²) in [5.41, 5.74) is -6.92. The minimum absolute atomic E-state index is 0.168. The number of sulfone groups is 1. The number of rotatable bonds is 3. The van der Waals surface area contributed by atoms with Crippen LogP contribution in [-0.4, -0.2) is 24.9 Å². The molecule has 0 spiro atoms. The molecule has 162 valence electrons. The zero-order valence-electron chi connectivity index (χ0n) is 14.7. The van der Waals surface area contributed by atoms with E-state index >= 15 is 0 Å². The van der Waals surface area contributed by atoms with E-state index in [-0.39, 0.29) is 12.3 Å². The summed E-state index contributed by atoms with van der Waals surface area (Å²) in [7, 11) is -4.43. The van der Waals surface area contributed by atoms with Gasteiger partial charge in [-0.25, -0.2) is 13.4 Å². The lowest BCUT2D eigenvalue weighted by Crippen LogP contribution is -2.26. The second-order valence-electron chi connectivity index (χ2n) is 6.24. The SMILES string of the molecule is CCS(=O)(=O)c1cc(C(F)(F)F)ccc1C1=Nc2cc(C(F)(F)F)cnc2C1(F)F. The van der Waals surface area contributed by atoms with Gasteiger partial charge in [0.05, 0.1) is 27.5 Å². The Morgan fingerprint density at radius 1 is 0.967 bits per heavy atom. The second kappa shape index (κ2) is 6.72. The molecule has 1 aliphatic rings. The van der Waals surface area contributed by atoms with Crippen molar-refractivity contribution < 1.29 is 43.5 Å². The molecule has 0 bridgehead atoms. The molecule has 1 aliphatic heterocycles. The van der Waals surface area contributed by atoms with Crippen molar-refractivity contribution in [1.29, 1.82) is 0 Å². The van der Waals surface area contributed by atoms with Crippen LogP contribution in [0, 0.1) is 0 Å². The molecule has 13 heteroatoms. The van der Waals surface area contributed by atoms with Crippen LogP contribution >= 0.6 is 0 Å². The fraction of sp³-hybridized carbons (Fsp3) is 0.294. The van der Waals surface area contributed by atoms with Crippen LogP contribution in [0.4, 0.5) is 40.8 Å².